The molecule has 0 amide bonds. The molecule has 118 valence electrons. The van der Waals surface area contributed by atoms with E-state index >= 15 is 0 Å². The van der Waals surface area contributed by atoms with Gasteiger partial charge in [-0.15, -0.1) is 5.10 Å². The van der Waals surface area contributed by atoms with Crippen LogP contribution < -0.4 is 0 Å². The number of alkyl halides is 3. The van der Waals surface area contributed by atoms with Crippen molar-refractivity contribution in [1.29, 1.82) is 0 Å². The van der Waals surface area contributed by atoms with Crippen LogP contribution in [0.3, 0.4) is 0 Å². The summed E-state index contributed by atoms with van der Waals surface area (Å²) in [6, 6.07) is 9.58. The first-order chi connectivity index (χ1) is 10.9. The smallest absolute Gasteiger partial charge is 0.191 e. The number of benzene rings is 2. The summed E-state index contributed by atoms with van der Waals surface area (Å²) < 4.78 is 40.7. The Balaban J connectivity index is 2.20. The van der Waals surface area contributed by atoms with Gasteiger partial charge in [0, 0.05) is 10.6 Å². The van der Waals surface area contributed by atoms with Crippen LogP contribution in [-0.2, 0) is 6.18 Å². The third-order valence-electron chi connectivity index (χ3n) is 3.08. The maximum absolute atomic E-state index is 13.2. The van der Waals surface area contributed by atoms with Gasteiger partial charge in [0.15, 0.2) is 5.82 Å². The summed E-state index contributed by atoms with van der Waals surface area (Å²) in [4.78, 5) is 0. The van der Waals surface area contributed by atoms with Gasteiger partial charge in [0.05, 0.1) is 16.3 Å². The lowest BCUT2D eigenvalue weighted by atomic mass is 10.1. The van der Waals surface area contributed by atoms with E-state index in [4.69, 9.17) is 23.2 Å². The number of halogens is 5. The molecule has 2 aromatic carbocycles. The molecule has 0 aliphatic carbocycles. The monoisotopic (exact) mass is 358 g/mol. The van der Waals surface area contributed by atoms with Gasteiger partial charge in [-0.1, -0.05) is 41.4 Å². The van der Waals surface area contributed by atoms with Gasteiger partial charge in [-0.05, 0) is 34.7 Å². The number of hydrogen-bond donors (Lipinski definition) is 0. The molecular formula is C14H7Cl2F3N4. The quantitative estimate of drug-likeness (QED) is 0.669. The molecule has 0 bridgehead atoms. The predicted molar refractivity (Wildman–Crippen MR) is 79.6 cm³/mol. The molecule has 0 aliphatic rings. The van der Waals surface area contributed by atoms with Gasteiger partial charge in [0.25, 0.3) is 0 Å². The Kier molecular flexibility index (Phi) is 3.99. The van der Waals surface area contributed by atoms with E-state index in [0.29, 0.717) is 10.7 Å². The zero-order valence-electron chi connectivity index (χ0n) is 11.2. The van der Waals surface area contributed by atoms with Crippen LogP contribution in [0.4, 0.5) is 13.2 Å². The zero-order valence-corrected chi connectivity index (χ0v) is 12.7. The molecule has 0 radical (unpaired) electrons. The van der Waals surface area contributed by atoms with Crippen molar-refractivity contribution in [2.24, 2.45) is 0 Å². The molecule has 0 fully saturated rings. The van der Waals surface area contributed by atoms with Crippen molar-refractivity contribution in [2.45, 2.75) is 6.18 Å². The summed E-state index contributed by atoms with van der Waals surface area (Å²) in [6.07, 6.45) is -4.53. The van der Waals surface area contributed by atoms with E-state index in [1.165, 1.54) is 30.3 Å². The highest BCUT2D eigenvalue weighted by Gasteiger charge is 2.34. The first-order valence-corrected chi connectivity index (χ1v) is 7.04. The van der Waals surface area contributed by atoms with Crippen molar-refractivity contribution in [3.63, 3.8) is 0 Å². The Morgan fingerprint density at radius 1 is 1.00 bits per heavy atom. The summed E-state index contributed by atoms with van der Waals surface area (Å²) in [7, 11) is 0. The lowest BCUT2D eigenvalue weighted by Gasteiger charge is -2.12. The molecule has 0 spiro atoms. The van der Waals surface area contributed by atoms with Crippen LogP contribution in [-0.4, -0.2) is 20.2 Å². The zero-order chi connectivity index (χ0) is 16.6. The summed E-state index contributed by atoms with van der Waals surface area (Å²) in [5.41, 5.74) is -0.648. The van der Waals surface area contributed by atoms with Crippen molar-refractivity contribution in [3.05, 3.63) is 58.1 Å². The average molecular weight is 359 g/mol. The predicted octanol–water partition coefficient (Wildman–Crippen LogP) is 4.65. The van der Waals surface area contributed by atoms with Crippen LogP contribution >= 0.6 is 23.2 Å². The first-order valence-electron chi connectivity index (χ1n) is 6.28. The third kappa shape index (κ3) is 3.02. The highest BCUT2D eigenvalue weighted by Crippen LogP contribution is 2.37. The fraction of sp³-hybridized carbons (Fsp3) is 0.0714. The summed E-state index contributed by atoms with van der Waals surface area (Å²) >= 11 is 11.9. The maximum Gasteiger partial charge on any atom is 0.417 e. The van der Waals surface area contributed by atoms with Crippen molar-refractivity contribution in [1.82, 2.24) is 20.2 Å². The van der Waals surface area contributed by atoms with Crippen molar-refractivity contribution < 1.29 is 13.2 Å². The Morgan fingerprint density at radius 3 is 2.43 bits per heavy atom. The molecule has 3 rings (SSSR count). The normalized spacial score (nSPS) is 11.7. The van der Waals surface area contributed by atoms with Gasteiger partial charge in [0.2, 0.25) is 0 Å². The highest BCUT2D eigenvalue weighted by molar-refractivity contribution is 6.35. The minimum atomic E-state index is -4.53. The maximum atomic E-state index is 13.2. The molecule has 23 heavy (non-hydrogen) atoms. The van der Waals surface area contributed by atoms with Crippen LogP contribution in [0.5, 0.6) is 0 Å². The van der Waals surface area contributed by atoms with Crippen LogP contribution in [0.25, 0.3) is 17.1 Å². The second-order valence-corrected chi connectivity index (χ2v) is 5.40. The number of aromatic nitrogens is 4. The van der Waals surface area contributed by atoms with Crippen molar-refractivity contribution >= 4 is 23.2 Å². The number of tetrazole rings is 1. The van der Waals surface area contributed by atoms with Gasteiger partial charge < -0.3 is 0 Å². The molecule has 1 heterocycles. The largest absolute Gasteiger partial charge is 0.417 e. The topological polar surface area (TPSA) is 43.6 Å². The molecule has 3 aromatic rings. The third-order valence-corrected chi connectivity index (χ3v) is 3.62. The number of rotatable bonds is 2. The summed E-state index contributed by atoms with van der Waals surface area (Å²) in [5.74, 6) is -0.0675. The lowest BCUT2D eigenvalue weighted by molar-refractivity contribution is -0.137. The Labute approximate surface area is 138 Å². The standard InChI is InChI=1S/C14H7Cl2F3N4/c15-8-5-6-12(11(16)7-8)23-13(20-21-22-23)9-3-1-2-4-10(9)14(17,18)19/h1-7H. The minimum absolute atomic E-state index is 0.0675. The molecule has 0 aliphatic heterocycles. The summed E-state index contributed by atoms with van der Waals surface area (Å²) in [6.45, 7) is 0. The van der Waals surface area contributed by atoms with Crippen molar-refractivity contribution in [2.75, 3.05) is 0 Å². The molecule has 0 saturated heterocycles. The van der Waals surface area contributed by atoms with Crippen LogP contribution in [0.15, 0.2) is 42.5 Å². The van der Waals surface area contributed by atoms with E-state index in [2.05, 4.69) is 15.5 Å². The van der Waals surface area contributed by atoms with Crippen molar-refractivity contribution in [3.8, 4) is 17.1 Å². The molecule has 9 heteroatoms. The van der Waals surface area contributed by atoms with E-state index in [1.54, 1.807) is 6.07 Å². The molecule has 0 N–H and O–H groups in total. The van der Waals surface area contributed by atoms with Crippen LogP contribution in [0, 0.1) is 0 Å². The molecule has 0 unspecified atom stereocenters. The molecule has 4 nitrogen and oxygen atoms in total. The van der Waals surface area contributed by atoms with Crippen LogP contribution in [0.2, 0.25) is 10.0 Å². The van der Waals surface area contributed by atoms with E-state index in [0.717, 1.165) is 10.7 Å². The fourth-order valence-electron chi connectivity index (χ4n) is 2.10. The highest BCUT2D eigenvalue weighted by atomic mass is 35.5. The van der Waals surface area contributed by atoms with E-state index in [-0.39, 0.29) is 16.4 Å². The SMILES string of the molecule is FC(F)(F)c1ccccc1-c1nnnn1-c1ccc(Cl)cc1Cl. The van der Waals surface area contributed by atoms with Gasteiger partial charge in [0.1, 0.15) is 0 Å². The lowest BCUT2D eigenvalue weighted by Crippen LogP contribution is -2.09. The van der Waals surface area contributed by atoms with Crippen LogP contribution in [0.1, 0.15) is 5.56 Å². The summed E-state index contributed by atoms with van der Waals surface area (Å²) in [5, 5.41) is 11.5. The fourth-order valence-corrected chi connectivity index (χ4v) is 2.58. The van der Waals surface area contributed by atoms with Gasteiger partial charge in [-0.2, -0.15) is 17.9 Å². The van der Waals surface area contributed by atoms with E-state index < -0.39 is 11.7 Å². The first kappa shape index (κ1) is 15.8. The molecular weight excluding hydrogens is 352 g/mol. The number of hydrogen-bond acceptors (Lipinski definition) is 3. The van der Waals surface area contributed by atoms with E-state index in [9.17, 15) is 13.2 Å². The van der Waals surface area contributed by atoms with Gasteiger partial charge in [-0.25, -0.2) is 0 Å². The van der Waals surface area contributed by atoms with Gasteiger partial charge in [-0.3, -0.25) is 0 Å². The molecule has 0 saturated carbocycles. The Morgan fingerprint density at radius 2 is 1.74 bits per heavy atom. The average Bonchev–Trinajstić information content (AvgIpc) is 2.95. The Hall–Kier alpha value is -2.12. The van der Waals surface area contributed by atoms with Gasteiger partial charge >= 0.3 is 6.18 Å². The second-order valence-electron chi connectivity index (χ2n) is 4.55. The van der Waals surface area contributed by atoms with E-state index in [1.807, 2.05) is 0 Å². The second kappa shape index (κ2) is 5.82. The Bertz CT molecular complexity index is 861. The molecule has 0 atom stereocenters. The number of nitrogens with zero attached hydrogens (tertiary/aromatic N) is 4. The minimum Gasteiger partial charge on any atom is -0.191 e. The molecule has 1 aromatic heterocycles.